The highest BCUT2D eigenvalue weighted by Crippen LogP contribution is 2.61. The molecule has 1 aromatic carbocycles. The van der Waals surface area contributed by atoms with Crippen molar-refractivity contribution in [1.29, 1.82) is 0 Å². The van der Waals surface area contributed by atoms with Crippen molar-refractivity contribution in [2.45, 2.75) is 70.9 Å². The molecule has 6 rings (SSSR count). The van der Waals surface area contributed by atoms with E-state index in [-0.39, 0.29) is 17.5 Å². The van der Waals surface area contributed by atoms with Crippen molar-refractivity contribution < 1.29 is 4.79 Å². The van der Waals surface area contributed by atoms with Crippen LogP contribution >= 0.6 is 11.5 Å². The summed E-state index contributed by atoms with van der Waals surface area (Å²) in [7, 11) is 0. The fraction of sp³-hybridized carbons (Fsp3) is 0.652. The summed E-state index contributed by atoms with van der Waals surface area (Å²) in [5, 5.41) is 4.13. The molecule has 150 valence electrons. The number of nitrogens with zero attached hydrogens (tertiary/aromatic N) is 1. The molecule has 2 aromatic rings. The molecule has 0 aliphatic heterocycles. The molecule has 1 atom stereocenters. The molecule has 4 aliphatic rings. The first-order chi connectivity index (χ1) is 13.5. The summed E-state index contributed by atoms with van der Waals surface area (Å²) in [6.45, 7) is 2.86. The number of hydrogen-bond donors (Lipinski definition) is 1. The number of amides is 1. The van der Waals surface area contributed by atoms with Crippen LogP contribution in [-0.4, -0.2) is 15.9 Å². The Bertz CT molecular complexity index is 908. The highest BCUT2D eigenvalue weighted by Gasteiger charge is 2.53. The van der Waals surface area contributed by atoms with Crippen LogP contribution in [0.2, 0.25) is 0 Å². The van der Waals surface area contributed by atoms with Crippen molar-refractivity contribution in [3.8, 4) is 0 Å². The lowest BCUT2D eigenvalue weighted by Gasteiger charge is -2.59. The van der Waals surface area contributed by atoms with Gasteiger partial charge in [-0.15, -0.1) is 0 Å². The summed E-state index contributed by atoms with van der Waals surface area (Å²) in [5.74, 6) is 2.87. The largest absolute Gasteiger partial charge is 0.353 e. The van der Waals surface area contributed by atoms with Gasteiger partial charge in [-0.2, -0.15) is 0 Å². The van der Waals surface area contributed by atoms with Crippen LogP contribution in [0.3, 0.4) is 0 Å². The Hall–Kier alpha value is -1.62. The fourth-order valence-electron chi connectivity index (χ4n) is 6.72. The normalized spacial score (nSPS) is 32.0. The highest BCUT2D eigenvalue weighted by atomic mass is 32.1. The molecule has 1 amide bonds. The van der Waals surface area contributed by atoms with Crippen LogP contribution in [0.1, 0.15) is 58.3 Å². The second-order valence-corrected chi connectivity index (χ2v) is 10.7. The Morgan fingerprint density at radius 1 is 1.18 bits per heavy atom. The Morgan fingerprint density at radius 3 is 2.46 bits per heavy atom. The van der Waals surface area contributed by atoms with Crippen molar-refractivity contribution in [1.82, 2.24) is 9.27 Å². The zero-order valence-electron chi connectivity index (χ0n) is 16.7. The van der Waals surface area contributed by atoms with Crippen molar-refractivity contribution >= 4 is 27.5 Å². The van der Waals surface area contributed by atoms with Crippen molar-refractivity contribution in [3.63, 3.8) is 0 Å². The summed E-state index contributed by atoms with van der Waals surface area (Å²) in [4.78, 5) is 25.0. The molecule has 1 heterocycles. The van der Waals surface area contributed by atoms with Gasteiger partial charge in [0.05, 0.1) is 10.1 Å². The van der Waals surface area contributed by atoms with E-state index in [1.165, 1.54) is 50.1 Å². The third kappa shape index (κ3) is 3.22. The van der Waals surface area contributed by atoms with E-state index in [4.69, 9.17) is 0 Å². The number of aromatic nitrogens is 1. The Morgan fingerprint density at radius 2 is 1.82 bits per heavy atom. The van der Waals surface area contributed by atoms with Gasteiger partial charge in [0.25, 0.3) is 5.56 Å². The predicted molar refractivity (Wildman–Crippen MR) is 114 cm³/mol. The van der Waals surface area contributed by atoms with Crippen molar-refractivity contribution in [2.24, 2.45) is 23.2 Å². The van der Waals surface area contributed by atoms with E-state index in [1.54, 1.807) is 3.96 Å². The molecule has 0 saturated heterocycles. The van der Waals surface area contributed by atoms with Gasteiger partial charge in [-0.1, -0.05) is 23.7 Å². The number of carbonyl (C=O) groups is 1. The van der Waals surface area contributed by atoms with Gasteiger partial charge in [0, 0.05) is 19.0 Å². The minimum Gasteiger partial charge on any atom is -0.353 e. The van der Waals surface area contributed by atoms with Gasteiger partial charge in [-0.05, 0) is 87.2 Å². The maximum absolute atomic E-state index is 12.6. The van der Waals surface area contributed by atoms with E-state index < -0.39 is 0 Å². The molecule has 4 fully saturated rings. The number of aryl methyl sites for hydroxylation is 1. The van der Waals surface area contributed by atoms with Gasteiger partial charge in [-0.3, -0.25) is 13.5 Å². The maximum Gasteiger partial charge on any atom is 0.268 e. The molecule has 1 N–H and O–H groups in total. The van der Waals surface area contributed by atoms with Crippen LogP contribution in [0.25, 0.3) is 10.1 Å². The molecule has 0 radical (unpaired) electrons. The van der Waals surface area contributed by atoms with E-state index in [0.29, 0.717) is 24.8 Å². The minimum absolute atomic E-state index is 0.0722. The molecule has 0 spiro atoms. The number of carbonyl (C=O) groups excluding carboxylic acids is 1. The topological polar surface area (TPSA) is 51.1 Å². The van der Waals surface area contributed by atoms with Crippen LogP contribution in [0.4, 0.5) is 0 Å². The summed E-state index contributed by atoms with van der Waals surface area (Å²) in [6, 6.07) is 8.00. The molecule has 0 unspecified atom stereocenters. The fourth-order valence-corrected chi connectivity index (χ4v) is 7.75. The Balaban J connectivity index is 1.16. The average Bonchev–Trinajstić information content (AvgIpc) is 2.97. The second-order valence-electron chi connectivity index (χ2n) is 9.67. The van der Waals surface area contributed by atoms with Gasteiger partial charge in [0.2, 0.25) is 5.91 Å². The summed E-state index contributed by atoms with van der Waals surface area (Å²) >= 11 is 1.50. The lowest BCUT2D eigenvalue weighted by atomic mass is 9.48. The van der Waals surface area contributed by atoms with Crippen LogP contribution < -0.4 is 10.9 Å². The third-order valence-corrected chi connectivity index (χ3v) is 8.82. The molecule has 4 aliphatic carbocycles. The van der Waals surface area contributed by atoms with Gasteiger partial charge >= 0.3 is 0 Å². The zero-order chi connectivity index (χ0) is 19.3. The molecule has 28 heavy (non-hydrogen) atoms. The van der Waals surface area contributed by atoms with Gasteiger partial charge < -0.3 is 5.32 Å². The maximum atomic E-state index is 12.6. The molecular weight excluding hydrogens is 368 g/mol. The quantitative estimate of drug-likeness (QED) is 0.775. The first kappa shape index (κ1) is 18.4. The summed E-state index contributed by atoms with van der Waals surface area (Å²) in [6.07, 6.45) is 9.47. The standard InChI is InChI=1S/C23H30N2O2S/c1-15(23-12-16-9-17(13-23)11-18(10-16)14-23)24-21(26)7-4-8-25-22(27)19-5-2-3-6-20(19)28-25/h2-3,5-6,15-18H,4,7-14H2,1H3,(H,24,26)/t15-,16?,17?,18?,23?/m0/s1. The van der Waals surface area contributed by atoms with Crippen LogP contribution in [0.5, 0.6) is 0 Å². The lowest BCUT2D eigenvalue weighted by molar-refractivity contribution is -0.126. The van der Waals surface area contributed by atoms with E-state index in [2.05, 4.69) is 12.2 Å². The first-order valence-corrected chi connectivity index (χ1v) is 11.7. The highest BCUT2D eigenvalue weighted by molar-refractivity contribution is 7.13. The summed E-state index contributed by atoms with van der Waals surface area (Å²) in [5.41, 5.74) is 0.426. The van der Waals surface area contributed by atoms with Crippen LogP contribution in [0.15, 0.2) is 29.1 Å². The summed E-state index contributed by atoms with van der Waals surface area (Å²) < 4.78 is 2.81. The second kappa shape index (κ2) is 7.01. The SMILES string of the molecule is C[C@H](NC(=O)CCCn1sc2ccccc2c1=O)C12CC3CC(CC(C3)C1)C2. The smallest absolute Gasteiger partial charge is 0.268 e. The number of nitrogens with one attached hydrogen (secondary N) is 1. The zero-order valence-corrected chi connectivity index (χ0v) is 17.5. The molecule has 1 aromatic heterocycles. The van der Waals surface area contributed by atoms with E-state index in [1.807, 2.05) is 24.3 Å². The minimum atomic E-state index is 0.0722. The monoisotopic (exact) mass is 398 g/mol. The molecule has 4 nitrogen and oxygen atoms in total. The van der Waals surface area contributed by atoms with Crippen LogP contribution in [0, 0.1) is 23.2 Å². The van der Waals surface area contributed by atoms with Crippen LogP contribution in [-0.2, 0) is 11.3 Å². The van der Waals surface area contributed by atoms with E-state index in [0.717, 1.165) is 27.8 Å². The average molecular weight is 399 g/mol. The molecule has 4 bridgehead atoms. The third-order valence-electron chi connectivity index (χ3n) is 7.70. The number of benzene rings is 1. The predicted octanol–water partition coefficient (Wildman–Crippen LogP) is 4.56. The number of fused-ring (bicyclic) bond motifs is 1. The van der Waals surface area contributed by atoms with Gasteiger partial charge in [-0.25, -0.2) is 0 Å². The Labute approximate surface area is 170 Å². The Kier molecular flexibility index (Phi) is 4.61. The van der Waals surface area contributed by atoms with Gasteiger partial charge in [0.1, 0.15) is 0 Å². The van der Waals surface area contributed by atoms with Crippen molar-refractivity contribution in [3.05, 3.63) is 34.6 Å². The number of rotatable bonds is 6. The lowest BCUT2D eigenvalue weighted by Crippen LogP contribution is -2.55. The van der Waals surface area contributed by atoms with E-state index in [9.17, 15) is 9.59 Å². The van der Waals surface area contributed by atoms with Gasteiger partial charge in [0.15, 0.2) is 0 Å². The van der Waals surface area contributed by atoms with E-state index >= 15 is 0 Å². The molecule has 5 heteroatoms. The number of hydrogen-bond acceptors (Lipinski definition) is 3. The van der Waals surface area contributed by atoms with Crippen molar-refractivity contribution in [2.75, 3.05) is 0 Å². The first-order valence-electron chi connectivity index (χ1n) is 10.9. The molecule has 4 saturated carbocycles. The molecular formula is C23H30N2O2S.